The fourth-order valence-electron chi connectivity index (χ4n) is 5.34. The molecular formula is C25H29FN2O3. The van der Waals surface area contributed by atoms with Crippen molar-refractivity contribution in [2.45, 2.75) is 37.9 Å². The lowest BCUT2D eigenvalue weighted by Gasteiger charge is -2.35. The molecule has 2 aliphatic heterocycles. The van der Waals surface area contributed by atoms with E-state index >= 15 is 0 Å². The van der Waals surface area contributed by atoms with E-state index in [9.17, 15) is 14.3 Å². The van der Waals surface area contributed by atoms with Gasteiger partial charge in [0.15, 0.2) is 0 Å². The van der Waals surface area contributed by atoms with Gasteiger partial charge in [0, 0.05) is 37.4 Å². The van der Waals surface area contributed by atoms with E-state index in [-0.39, 0.29) is 23.7 Å². The summed E-state index contributed by atoms with van der Waals surface area (Å²) in [5, 5.41) is 10.6. The van der Waals surface area contributed by atoms with E-state index in [2.05, 4.69) is 17.0 Å². The summed E-state index contributed by atoms with van der Waals surface area (Å²) in [6, 6.07) is 13.9. The van der Waals surface area contributed by atoms with Crippen LogP contribution >= 0.6 is 0 Å². The first kappa shape index (κ1) is 20.3. The van der Waals surface area contributed by atoms with Crippen molar-refractivity contribution in [1.82, 2.24) is 4.90 Å². The number of aliphatic hydroxyl groups excluding tert-OH is 1. The van der Waals surface area contributed by atoms with Crippen molar-refractivity contribution in [2.24, 2.45) is 11.8 Å². The molecular weight excluding hydrogens is 395 g/mol. The summed E-state index contributed by atoms with van der Waals surface area (Å²) in [6.07, 6.45) is 2.86. The SMILES string of the molecule is O=C(c1ccc(N2CCCC2)cc1)N1C[C@H]2C[C@@H](Oc3ccc(F)cc3)[C@H](O)C[C@H]2C1. The molecule has 0 spiro atoms. The van der Waals surface area contributed by atoms with Crippen LogP contribution in [0.3, 0.4) is 0 Å². The number of carbonyl (C=O) groups excluding carboxylic acids is 1. The molecule has 31 heavy (non-hydrogen) atoms. The van der Waals surface area contributed by atoms with Gasteiger partial charge in [0.2, 0.25) is 0 Å². The molecule has 164 valence electrons. The molecule has 1 aliphatic carbocycles. The summed E-state index contributed by atoms with van der Waals surface area (Å²) in [5.74, 6) is 0.911. The number of anilines is 1. The lowest BCUT2D eigenvalue weighted by atomic mass is 9.78. The van der Waals surface area contributed by atoms with Crippen LogP contribution in [-0.2, 0) is 0 Å². The van der Waals surface area contributed by atoms with Crippen molar-refractivity contribution < 1.29 is 19.0 Å². The zero-order chi connectivity index (χ0) is 21.4. The van der Waals surface area contributed by atoms with Crippen molar-refractivity contribution in [3.8, 4) is 5.75 Å². The number of aliphatic hydroxyl groups is 1. The average Bonchev–Trinajstić information content (AvgIpc) is 3.45. The average molecular weight is 425 g/mol. The van der Waals surface area contributed by atoms with Gasteiger partial charge in [0.25, 0.3) is 5.91 Å². The number of hydrogen-bond acceptors (Lipinski definition) is 4. The third kappa shape index (κ3) is 4.26. The normalized spacial score (nSPS) is 27.9. The zero-order valence-electron chi connectivity index (χ0n) is 17.6. The Bertz CT molecular complexity index is 911. The summed E-state index contributed by atoms with van der Waals surface area (Å²) in [6.45, 7) is 3.55. The number of ether oxygens (including phenoxy) is 1. The third-order valence-corrected chi connectivity index (χ3v) is 7.06. The Hall–Kier alpha value is -2.60. The molecule has 1 saturated carbocycles. The standard InChI is InChI=1S/C25H29FN2O3/c26-20-5-9-22(10-6-20)31-24-14-19-16-28(15-18(19)13-23(24)29)25(30)17-3-7-21(8-4-17)27-11-1-2-12-27/h3-10,18-19,23-24,29H,1-2,11-16H2/t18-,19+,23+,24+/m0/s1. The van der Waals surface area contributed by atoms with E-state index in [1.165, 1.54) is 30.7 Å². The maximum Gasteiger partial charge on any atom is 0.253 e. The van der Waals surface area contributed by atoms with Gasteiger partial charge in [-0.1, -0.05) is 0 Å². The highest BCUT2D eigenvalue weighted by atomic mass is 19.1. The quantitative estimate of drug-likeness (QED) is 0.813. The number of halogens is 1. The molecule has 0 aromatic heterocycles. The molecule has 1 N–H and O–H groups in total. The van der Waals surface area contributed by atoms with Crippen LogP contribution in [0.15, 0.2) is 48.5 Å². The number of rotatable bonds is 4. The Morgan fingerprint density at radius 2 is 1.58 bits per heavy atom. The van der Waals surface area contributed by atoms with E-state index in [0.717, 1.165) is 18.7 Å². The lowest BCUT2D eigenvalue weighted by Crippen LogP contribution is -2.42. The van der Waals surface area contributed by atoms with Crippen molar-refractivity contribution in [1.29, 1.82) is 0 Å². The molecule has 3 fully saturated rings. The number of carbonyl (C=O) groups is 1. The smallest absolute Gasteiger partial charge is 0.253 e. The fourth-order valence-corrected chi connectivity index (χ4v) is 5.34. The number of fused-ring (bicyclic) bond motifs is 1. The second kappa shape index (κ2) is 8.50. The minimum absolute atomic E-state index is 0.0628. The fraction of sp³-hybridized carbons (Fsp3) is 0.480. The molecule has 0 bridgehead atoms. The van der Waals surface area contributed by atoms with Crippen LogP contribution in [-0.4, -0.2) is 54.3 Å². The molecule has 2 aromatic rings. The van der Waals surface area contributed by atoms with Crippen molar-refractivity contribution in [3.63, 3.8) is 0 Å². The molecule has 2 heterocycles. The number of hydrogen-bond donors (Lipinski definition) is 1. The molecule has 0 unspecified atom stereocenters. The van der Waals surface area contributed by atoms with Crippen molar-refractivity contribution in [3.05, 3.63) is 59.9 Å². The highest BCUT2D eigenvalue weighted by Crippen LogP contribution is 2.38. The monoisotopic (exact) mass is 424 g/mol. The second-order valence-corrected chi connectivity index (χ2v) is 9.12. The highest BCUT2D eigenvalue weighted by molar-refractivity contribution is 5.94. The van der Waals surface area contributed by atoms with Gasteiger partial charge in [-0.2, -0.15) is 0 Å². The Balaban J connectivity index is 1.21. The number of benzene rings is 2. The van der Waals surface area contributed by atoms with Crippen LogP contribution in [0.25, 0.3) is 0 Å². The lowest BCUT2D eigenvalue weighted by molar-refractivity contribution is -0.0231. The van der Waals surface area contributed by atoms with Crippen molar-refractivity contribution in [2.75, 3.05) is 31.1 Å². The molecule has 1 amide bonds. The number of amides is 1. The molecule has 2 saturated heterocycles. The van der Waals surface area contributed by atoms with Gasteiger partial charge in [-0.15, -0.1) is 0 Å². The number of likely N-dealkylation sites (tertiary alicyclic amines) is 1. The predicted molar refractivity (Wildman–Crippen MR) is 117 cm³/mol. The van der Waals surface area contributed by atoms with Crippen LogP contribution in [0, 0.1) is 17.7 Å². The molecule has 0 radical (unpaired) electrons. The summed E-state index contributed by atoms with van der Waals surface area (Å²) < 4.78 is 19.1. The first-order chi connectivity index (χ1) is 15.1. The van der Waals surface area contributed by atoms with Gasteiger partial charge in [-0.25, -0.2) is 4.39 Å². The Labute approximate surface area is 182 Å². The largest absolute Gasteiger partial charge is 0.488 e. The minimum Gasteiger partial charge on any atom is -0.488 e. The van der Waals surface area contributed by atoms with Crippen LogP contribution in [0.1, 0.15) is 36.0 Å². The van der Waals surface area contributed by atoms with Gasteiger partial charge in [0.05, 0.1) is 6.10 Å². The zero-order valence-corrected chi connectivity index (χ0v) is 17.6. The van der Waals surface area contributed by atoms with E-state index in [0.29, 0.717) is 37.6 Å². The van der Waals surface area contributed by atoms with Crippen LogP contribution in [0.4, 0.5) is 10.1 Å². The molecule has 6 heteroatoms. The maximum absolute atomic E-state index is 13.1. The first-order valence-corrected chi connectivity index (χ1v) is 11.3. The van der Waals surface area contributed by atoms with Gasteiger partial charge < -0.3 is 19.6 Å². The first-order valence-electron chi connectivity index (χ1n) is 11.3. The van der Waals surface area contributed by atoms with Crippen LogP contribution in [0.2, 0.25) is 0 Å². The van der Waals surface area contributed by atoms with Crippen molar-refractivity contribution >= 4 is 11.6 Å². The molecule has 5 rings (SSSR count). The molecule has 3 aliphatic rings. The van der Waals surface area contributed by atoms with E-state index in [1.807, 2.05) is 17.0 Å². The Kier molecular flexibility index (Phi) is 5.57. The number of nitrogens with zero attached hydrogens (tertiary/aromatic N) is 2. The van der Waals surface area contributed by atoms with Gasteiger partial charge in [-0.3, -0.25) is 4.79 Å². The predicted octanol–water partition coefficient (Wildman–Crippen LogP) is 3.72. The van der Waals surface area contributed by atoms with E-state index < -0.39 is 6.10 Å². The minimum atomic E-state index is -0.582. The topological polar surface area (TPSA) is 53.0 Å². The summed E-state index contributed by atoms with van der Waals surface area (Å²) in [7, 11) is 0. The summed E-state index contributed by atoms with van der Waals surface area (Å²) in [5.41, 5.74) is 1.91. The Morgan fingerprint density at radius 1 is 0.935 bits per heavy atom. The van der Waals surface area contributed by atoms with Gasteiger partial charge >= 0.3 is 0 Å². The van der Waals surface area contributed by atoms with E-state index in [1.54, 1.807) is 12.1 Å². The molecule has 5 nitrogen and oxygen atoms in total. The van der Waals surface area contributed by atoms with Crippen LogP contribution < -0.4 is 9.64 Å². The molecule has 4 atom stereocenters. The summed E-state index contributed by atoms with van der Waals surface area (Å²) in [4.78, 5) is 17.4. The highest BCUT2D eigenvalue weighted by Gasteiger charge is 2.44. The van der Waals surface area contributed by atoms with E-state index in [4.69, 9.17) is 4.74 Å². The molecule has 2 aromatic carbocycles. The third-order valence-electron chi connectivity index (χ3n) is 7.06. The van der Waals surface area contributed by atoms with Gasteiger partial charge in [-0.05, 0) is 86.1 Å². The summed E-state index contributed by atoms with van der Waals surface area (Å²) >= 11 is 0. The second-order valence-electron chi connectivity index (χ2n) is 9.12. The maximum atomic E-state index is 13.1. The Morgan fingerprint density at radius 3 is 2.26 bits per heavy atom. The van der Waals surface area contributed by atoms with Gasteiger partial charge in [0.1, 0.15) is 17.7 Å². The van der Waals surface area contributed by atoms with Crippen LogP contribution in [0.5, 0.6) is 5.75 Å².